The van der Waals surface area contributed by atoms with Crippen LogP contribution in [-0.4, -0.2) is 17.6 Å². The third kappa shape index (κ3) is 5.00. The summed E-state index contributed by atoms with van der Waals surface area (Å²) in [5, 5.41) is 11.9. The summed E-state index contributed by atoms with van der Waals surface area (Å²) in [5.41, 5.74) is 2.60. The topological polar surface area (TPSA) is 49.3 Å². The van der Waals surface area contributed by atoms with Crippen molar-refractivity contribution in [3.05, 3.63) is 35.4 Å². The molecule has 1 atom stereocenters. The molecule has 0 spiro atoms. The van der Waals surface area contributed by atoms with Crippen LogP contribution in [0.5, 0.6) is 0 Å². The van der Waals surface area contributed by atoms with Gasteiger partial charge in [-0.1, -0.05) is 24.3 Å². The van der Waals surface area contributed by atoms with Crippen molar-refractivity contribution in [3.8, 4) is 0 Å². The second-order valence-electron chi connectivity index (χ2n) is 4.38. The predicted octanol–water partition coefficient (Wildman–Crippen LogP) is 2.90. The zero-order chi connectivity index (χ0) is 12.7. The molecule has 0 aliphatic heterocycles. The molecule has 0 saturated carbocycles. The molecule has 0 aromatic heterocycles. The molecule has 3 nitrogen and oxygen atoms in total. The number of aryl methyl sites for hydroxylation is 1. The molecule has 0 aliphatic carbocycles. The van der Waals surface area contributed by atoms with Gasteiger partial charge in [0.15, 0.2) is 0 Å². The van der Waals surface area contributed by atoms with Crippen LogP contribution in [0.1, 0.15) is 43.4 Å². The molecule has 94 valence electrons. The van der Waals surface area contributed by atoms with Crippen LogP contribution in [0.2, 0.25) is 0 Å². The van der Waals surface area contributed by atoms with Gasteiger partial charge in [-0.15, -0.1) is 0 Å². The van der Waals surface area contributed by atoms with Crippen molar-refractivity contribution in [2.75, 3.05) is 6.54 Å². The summed E-state index contributed by atoms with van der Waals surface area (Å²) < 4.78 is 0. The lowest BCUT2D eigenvalue weighted by Gasteiger charge is -2.16. The zero-order valence-corrected chi connectivity index (χ0v) is 10.6. The molecule has 0 unspecified atom stereocenters. The Balaban J connectivity index is 2.28. The maximum absolute atomic E-state index is 10.3. The van der Waals surface area contributed by atoms with E-state index in [-0.39, 0.29) is 6.42 Å². The number of unbranched alkanes of at least 4 members (excludes halogenated alkanes) is 1. The van der Waals surface area contributed by atoms with Crippen LogP contribution in [0.25, 0.3) is 0 Å². The maximum Gasteiger partial charge on any atom is 0.303 e. The second kappa shape index (κ2) is 7.07. The van der Waals surface area contributed by atoms with E-state index in [1.165, 1.54) is 11.1 Å². The largest absolute Gasteiger partial charge is 0.481 e. The Bertz CT molecular complexity index is 363. The zero-order valence-electron chi connectivity index (χ0n) is 10.6. The molecular weight excluding hydrogens is 214 g/mol. The van der Waals surface area contributed by atoms with Gasteiger partial charge in [-0.25, -0.2) is 0 Å². The van der Waals surface area contributed by atoms with E-state index in [1.54, 1.807) is 0 Å². The van der Waals surface area contributed by atoms with Crippen molar-refractivity contribution in [2.45, 2.75) is 39.2 Å². The van der Waals surface area contributed by atoms with Gasteiger partial charge < -0.3 is 10.4 Å². The van der Waals surface area contributed by atoms with Crippen LogP contribution < -0.4 is 5.32 Å². The van der Waals surface area contributed by atoms with Gasteiger partial charge in [0.05, 0.1) is 0 Å². The van der Waals surface area contributed by atoms with Gasteiger partial charge in [0.25, 0.3) is 0 Å². The van der Waals surface area contributed by atoms with E-state index in [0.717, 1.165) is 19.4 Å². The van der Waals surface area contributed by atoms with E-state index in [0.29, 0.717) is 6.04 Å². The van der Waals surface area contributed by atoms with E-state index in [9.17, 15) is 4.79 Å². The highest BCUT2D eigenvalue weighted by Gasteiger charge is 2.06. The van der Waals surface area contributed by atoms with E-state index < -0.39 is 5.97 Å². The molecule has 0 radical (unpaired) electrons. The number of nitrogens with one attached hydrogen (secondary N) is 1. The fourth-order valence-electron chi connectivity index (χ4n) is 1.90. The summed E-state index contributed by atoms with van der Waals surface area (Å²) in [5.74, 6) is -0.711. The average molecular weight is 235 g/mol. The Kier molecular flexibility index (Phi) is 5.70. The van der Waals surface area contributed by atoms with E-state index in [4.69, 9.17) is 5.11 Å². The van der Waals surface area contributed by atoms with Gasteiger partial charge in [-0.05, 0) is 44.4 Å². The van der Waals surface area contributed by atoms with Gasteiger partial charge in [-0.2, -0.15) is 0 Å². The number of hydrogen-bond acceptors (Lipinski definition) is 2. The minimum absolute atomic E-state index is 0.264. The van der Waals surface area contributed by atoms with Crippen LogP contribution in [0, 0.1) is 6.92 Å². The molecule has 0 fully saturated rings. The second-order valence-corrected chi connectivity index (χ2v) is 4.38. The summed E-state index contributed by atoms with van der Waals surface area (Å²) in [7, 11) is 0. The SMILES string of the molecule is Cc1ccccc1[C@@H](C)NCCCCC(=O)O. The van der Waals surface area contributed by atoms with Gasteiger partial charge in [0, 0.05) is 12.5 Å². The predicted molar refractivity (Wildman–Crippen MR) is 69.1 cm³/mol. The Hall–Kier alpha value is -1.35. The van der Waals surface area contributed by atoms with Crippen molar-refractivity contribution in [3.63, 3.8) is 0 Å². The van der Waals surface area contributed by atoms with E-state index >= 15 is 0 Å². The van der Waals surface area contributed by atoms with Crippen LogP contribution >= 0.6 is 0 Å². The highest BCUT2D eigenvalue weighted by Crippen LogP contribution is 2.16. The third-order valence-electron chi connectivity index (χ3n) is 2.92. The first-order valence-electron chi connectivity index (χ1n) is 6.12. The minimum atomic E-state index is -0.711. The maximum atomic E-state index is 10.3. The number of benzene rings is 1. The third-order valence-corrected chi connectivity index (χ3v) is 2.92. The Morgan fingerprint density at radius 2 is 2.06 bits per heavy atom. The number of carboxylic acid groups (broad SMARTS) is 1. The fraction of sp³-hybridized carbons (Fsp3) is 0.500. The molecule has 2 N–H and O–H groups in total. The minimum Gasteiger partial charge on any atom is -0.481 e. The monoisotopic (exact) mass is 235 g/mol. The van der Waals surface area contributed by atoms with Crippen LogP contribution in [-0.2, 0) is 4.79 Å². The lowest BCUT2D eigenvalue weighted by Crippen LogP contribution is -2.20. The number of carboxylic acids is 1. The first-order valence-corrected chi connectivity index (χ1v) is 6.12. The van der Waals surface area contributed by atoms with Crippen LogP contribution in [0.3, 0.4) is 0 Å². The normalized spacial score (nSPS) is 12.4. The number of aliphatic carboxylic acids is 1. The Morgan fingerprint density at radius 1 is 1.35 bits per heavy atom. The standard InChI is InChI=1S/C14H21NO2/c1-11-7-3-4-8-13(11)12(2)15-10-6-5-9-14(16)17/h3-4,7-8,12,15H,5-6,9-10H2,1-2H3,(H,16,17)/t12-/m1/s1. The summed E-state index contributed by atoms with van der Waals surface area (Å²) in [6.45, 7) is 5.11. The summed E-state index contributed by atoms with van der Waals surface area (Å²) >= 11 is 0. The number of hydrogen-bond donors (Lipinski definition) is 2. The Morgan fingerprint density at radius 3 is 2.71 bits per heavy atom. The molecule has 1 aromatic rings. The molecule has 0 heterocycles. The molecular formula is C14H21NO2. The van der Waals surface area contributed by atoms with Crippen molar-refractivity contribution in [1.29, 1.82) is 0 Å². The van der Waals surface area contributed by atoms with Crippen LogP contribution in [0.15, 0.2) is 24.3 Å². The molecule has 1 rings (SSSR count). The highest BCUT2D eigenvalue weighted by molar-refractivity contribution is 5.66. The quantitative estimate of drug-likeness (QED) is 0.714. The van der Waals surface area contributed by atoms with Gasteiger partial charge in [0.1, 0.15) is 0 Å². The molecule has 3 heteroatoms. The molecule has 0 aliphatic rings. The Labute approximate surface area is 103 Å². The fourth-order valence-corrected chi connectivity index (χ4v) is 1.90. The summed E-state index contributed by atoms with van der Waals surface area (Å²) in [4.78, 5) is 10.3. The lowest BCUT2D eigenvalue weighted by molar-refractivity contribution is -0.137. The van der Waals surface area contributed by atoms with E-state index in [1.807, 2.05) is 12.1 Å². The van der Waals surface area contributed by atoms with Gasteiger partial charge in [0.2, 0.25) is 0 Å². The first-order chi connectivity index (χ1) is 8.11. The van der Waals surface area contributed by atoms with Crippen molar-refractivity contribution >= 4 is 5.97 Å². The van der Waals surface area contributed by atoms with Crippen molar-refractivity contribution < 1.29 is 9.90 Å². The van der Waals surface area contributed by atoms with Crippen LogP contribution in [0.4, 0.5) is 0 Å². The van der Waals surface area contributed by atoms with Crippen molar-refractivity contribution in [1.82, 2.24) is 5.32 Å². The summed E-state index contributed by atoms with van der Waals surface area (Å²) in [6.07, 6.45) is 1.91. The lowest BCUT2D eigenvalue weighted by atomic mass is 10.0. The molecule has 17 heavy (non-hydrogen) atoms. The molecule has 1 aromatic carbocycles. The van der Waals surface area contributed by atoms with Gasteiger partial charge in [-0.3, -0.25) is 4.79 Å². The molecule has 0 saturated heterocycles. The highest BCUT2D eigenvalue weighted by atomic mass is 16.4. The van der Waals surface area contributed by atoms with Crippen molar-refractivity contribution in [2.24, 2.45) is 0 Å². The van der Waals surface area contributed by atoms with Gasteiger partial charge >= 0.3 is 5.97 Å². The first kappa shape index (κ1) is 13.7. The molecule has 0 bridgehead atoms. The smallest absolute Gasteiger partial charge is 0.303 e. The van der Waals surface area contributed by atoms with E-state index in [2.05, 4.69) is 31.3 Å². The number of carbonyl (C=O) groups is 1. The number of rotatable bonds is 7. The average Bonchev–Trinajstić information content (AvgIpc) is 2.28. The summed E-state index contributed by atoms with van der Waals surface area (Å²) in [6, 6.07) is 8.65. The molecule has 0 amide bonds.